The Hall–Kier alpha value is -2.29. The van der Waals surface area contributed by atoms with Crippen LogP contribution >= 0.6 is 0 Å². The largest absolute Gasteiger partial charge is 0.507 e. The standard InChI is InChI=1S/C23H31NO2/c1-14-9-10-17(15(2)11-14)21(26)24-16-12-18(22(3,4)5)20(25)19(13-16)23(6,7)8/h9-13,25H,1-8H3,(H,24,26). The molecule has 0 aliphatic rings. The number of carbonyl (C=O) groups is 1. The van der Waals surface area contributed by atoms with Gasteiger partial charge in [-0.3, -0.25) is 4.79 Å². The number of hydrogen-bond acceptors (Lipinski definition) is 2. The number of hydrogen-bond donors (Lipinski definition) is 2. The summed E-state index contributed by atoms with van der Waals surface area (Å²) in [7, 11) is 0. The average molecular weight is 354 g/mol. The SMILES string of the molecule is Cc1ccc(C(=O)Nc2cc(C(C)(C)C)c(O)c(C(C)(C)C)c2)c(C)c1. The summed E-state index contributed by atoms with van der Waals surface area (Å²) in [4.78, 5) is 12.8. The molecule has 2 N–H and O–H groups in total. The molecule has 0 aliphatic carbocycles. The van der Waals surface area contributed by atoms with Crippen LogP contribution in [0.25, 0.3) is 0 Å². The second kappa shape index (κ2) is 6.79. The van der Waals surface area contributed by atoms with E-state index in [9.17, 15) is 9.90 Å². The third-order valence-corrected chi connectivity index (χ3v) is 4.61. The maximum atomic E-state index is 12.8. The van der Waals surface area contributed by atoms with E-state index in [0.29, 0.717) is 17.0 Å². The summed E-state index contributed by atoms with van der Waals surface area (Å²) in [5.41, 5.74) is 4.67. The minimum absolute atomic E-state index is 0.132. The quantitative estimate of drug-likeness (QED) is 0.665. The summed E-state index contributed by atoms with van der Waals surface area (Å²) in [6.45, 7) is 16.3. The first-order valence-electron chi connectivity index (χ1n) is 9.07. The van der Waals surface area contributed by atoms with Crippen molar-refractivity contribution in [1.82, 2.24) is 0 Å². The third-order valence-electron chi connectivity index (χ3n) is 4.61. The Morgan fingerprint density at radius 1 is 0.885 bits per heavy atom. The molecule has 0 aromatic heterocycles. The summed E-state index contributed by atoms with van der Waals surface area (Å²) >= 11 is 0. The van der Waals surface area contributed by atoms with Crippen LogP contribution in [0, 0.1) is 13.8 Å². The van der Waals surface area contributed by atoms with Crippen LogP contribution in [-0.4, -0.2) is 11.0 Å². The lowest BCUT2D eigenvalue weighted by atomic mass is 9.79. The van der Waals surface area contributed by atoms with Crippen molar-refractivity contribution < 1.29 is 9.90 Å². The van der Waals surface area contributed by atoms with Gasteiger partial charge in [-0.2, -0.15) is 0 Å². The van der Waals surface area contributed by atoms with E-state index in [1.165, 1.54) is 0 Å². The summed E-state index contributed by atoms with van der Waals surface area (Å²) in [5, 5.41) is 13.8. The van der Waals surface area contributed by atoms with E-state index >= 15 is 0 Å². The second-order valence-corrected chi connectivity index (χ2v) is 9.19. The number of rotatable bonds is 2. The molecule has 0 saturated heterocycles. The first kappa shape index (κ1) is 20.0. The van der Waals surface area contributed by atoms with Gasteiger partial charge in [0, 0.05) is 22.4 Å². The highest BCUT2D eigenvalue weighted by molar-refractivity contribution is 6.05. The van der Waals surface area contributed by atoms with Crippen LogP contribution in [0.15, 0.2) is 30.3 Å². The van der Waals surface area contributed by atoms with Crippen molar-refractivity contribution >= 4 is 11.6 Å². The van der Waals surface area contributed by atoms with E-state index in [1.54, 1.807) is 0 Å². The molecule has 2 rings (SSSR count). The van der Waals surface area contributed by atoms with Gasteiger partial charge in [0.1, 0.15) is 5.75 Å². The zero-order valence-corrected chi connectivity index (χ0v) is 17.2. The van der Waals surface area contributed by atoms with Crippen LogP contribution < -0.4 is 5.32 Å². The van der Waals surface area contributed by atoms with Crippen molar-refractivity contribution in [2.45, 2.75) is 66.2 Å². The van der Waals surface area contributed by atoms with Gasteiger partial charge in [0.25, 0.3) is 5.91 Å². The van der Waals surface area contributed by atoms with E-state index < -0.39 is 0 Å². The van der Waals surface area contributed by atoms with Crippen LogP contribution in [0.1, 0.15) is 74.2 Å². The van der Waals surface area contributed by atoms with Gasteiger partial charge in [-0.1, -0.05) is 59.2 Å². The van der Waals surface area contributed by atoms with Gasteiger partial charge in [-0.05, 0) is 48.4 Å². The molecule has 0 spiro atoms. The first-order chi connectivity index (χ1) is 11.8. The van der Waals surface area contributed by atoms with Crippen molar-refractivity contribution in [3.05, 3.63) is 58.1 Å². The molecule has 26 heavy (non-hydrogen) atoms. The van der Waals surface area contributed by atoms with Crippen LogP contribution in [0.4, 0.5) is 5.69 Å². The number of phenolic OH excluding ortho intramolecular Hbond substituents is 1. The molecule has 3 heteroatoms. The molecule has 0 saturated carbocycles. The fraction of sp³-hybridized carbons (Fsp3) is 0.435. The molecule has 0 bridgehead atoms. The van der Waals surface area contributed by atoms with Gasteiger partial charge in [0.15, 0.2) is 0 Å². The lowest BCUT2D eigenvalue weighted by Crippen LogP contribution is -2.19. The Kier molecular flexibility index (Phi) is 5.23. The van der Waals surface area contributed by atoms with Gasteiger partial charge in [-0.15, -0.1) is 0 Å². The zero-order valence-electron chi connectivity index (χ0n) is 17.2. The molecular weight excluding hydrogens is 322 g/mol. The summed E-state index contributed by atoms with van der Waals surface area (Å²) < 4.78 is 0. The molecule has 140 valence electrons. The fourth-order valence-electron chi connectivity index (χ4n) is 3.12. The monoisotopic (exact) mass is 353 g/mol. The van der Waals surface area contributed by atoms with Gasteiger partial charge < -0.3 is 10.4 Å². The van der Waals surface area contributed by atoms with E-state index in [0.717, 1.165) is 22.3 Å². The molecule has 2 aromatic rings. The van der Waals surface area contributed by atoms with E-state index in [1.807, 2.05) is 44.2 Å². The minimum atomic E-state index is -0.232. The predicted octanol–water partition coefficient (Wildman–Crippen LogP) is 5.86. The Morgan fingerprint density at radius 2 is 1.38 bits per heavy atom. The second-order valence-electron chi connectivity index (χ2n) is 9.19. The number of carbonyl (C=O) groups excluding carboxylic acids is 1. The van der Waals surface area contributed by atoms with Crippen molar-refractivity contribution in [3.63, 3.8) is 0 Å². The van der Waals surface area contributed by atoms with Crippen molar-refractivity contribution in [2.75, 3.05) is 5.32 Å². The number of aryl methyl sites for hydroxylation is 2. The molecule has 0 unspecified atom stereocenters. The highest BCUT2D eigenvalue weighted by atomic mass is 16.3. The number of phenols is 1. The molecule has 1 amide bonds. The van der Waals surface area contributed by atoms with Crippen LogP contribution in [0.5, 0.6) is 5.75 Å². The smallest absolute Gasteiger partial charge is 0.255 e. The number of anilines is 1. The average Bonchev–Trinajstić information content (AvgIpc) is 2.46. The summed E-state index contributed by atoms with van der Waals surface area (Å²) in [6, 6.07) is 9.57. The van der Waals surface area contributed by atoms with Crippen molar-refractivity contribution in [1.29, 1.82) is 0 Å². The highest BCUT2D eigenvalue weighted by Gasteiger charge is 2.27. The maximum absolute atomic E-state index is 12.8. The first-order valence-corrected chi connectivity index (χ1v) is 9.07. The Balaban J connectivity index is 2.51. The number of benzene rings is 2. The molecule has 0 atom stereocenters. The zero-order chi connectivity index (χ0) is 19.9. The minimum Gasteiger partial charge on any atom is -0.507 e. The van der Waals surface area contributed by atoms with Crippen molar-refractivity contribution in [3.8, 4) is 5.75 Å². The Morgan fingerprint density at radius 3 is 1.81 bits per heavy atom. The molecule has 0 fully saturated rings. The van der Waals surface area contributed by atoms with Gasteiger partial charge >= 0.3 is 0 Å². The molecule has 0 radical (unpaired) electrons. The molecule has 2 aromatic carbocycles. The van der Waals surface area contributed by atoms with Crippen LogP contribution in [0.2, 0.25) is 0 Å². The van der Waals surface area contributed by atoms with E-state index in [-0.39, 0.29) is 16.7 Å². The highest BCUT2D eigenvalue weighted by Crippen LogP contribution is 2.41. The van der Waals surface area contributed by atoms with Crippen LogP contribution in [0.3, 0.4) is 0 Å². The number of nitrogens with one attached hydrogen (secondary N) is 1. The molecular formula is C23H31NO2. The van der Waals surface area contributed by atoms with Gasteiger partial charge in [-0.25, -0.2) is 0 Å². The lowest BCUT2D eigenvalue weighted by molar-refractivity contribution is 0.102. The Labute approximate surface area is 157 Å². The van der Waals surface area contributed by atoms with Gasteiger partial charge in [0.2, 0.25) is 0 Å². The maximum Gasteiger partial charge on any atom is 0.255 e. The molecule has 3 nitrogen and oxygen atoms in total. The molecule has 0 aliphatic heterocycles. The topological polar surface area (TPSA) is 49.3 Å². The van der Waals surface area contributed by atoms with Crippen molar-refractivity contribution in [2.24, 2.45) is 0 Å². The molecule has 0 heterocycles. The van der Waals surface area contributed by atoms with Gasteiger partial charge in [0.05, 0.1) is 0 Å². The number of amides is 1. The fourth-order valence-corrected chi connectivity index (χ4v) is 3.12. The Bertz CT molecular complexity index is 801. The predicted molar refractivity (Wildman–Crippen MR) is 109 cm³/mol. The van der Waals surface area contributed by atoms with Crippen LogP contribution in [-0.2, 0) is 10.8 Å². The summed E-state index contributed by atoms with van der Waals surface area (Å²) in [5.74, 6) is 0.183. The third kappa shape index (κ3) is 4.27. The summed E-state index contributed by atoms with van der Waals surface area (Å²) in [6.07, 6.45) is 0. The van der Waals surface area contributed by atoms with E-state index in [4.69, 9.17) is 0 Å². The van der Waals surface area contributed by atoms with E-state index in [2.05, 4.69) is 46.9 Å². The normalized spacial score (nSPS) is 12.2. The number of aromatic hydroxyl groups is 1. The lowest BCUT2D eigenvalue weighted by Gasteiger charge is -2.28.